The van der Waals surface area contributed by atoms with Crippen molar-refractivity contribution in [2.24, 2.45) is 11.3 Å². The summed E-state index contributed by atoms with van der Waals surface area (Å²) in [6.45, 7) is 12.7. The molecule has 4 atom stereocenters. The number of hydrogen-bond acceptors (Lipinski definition) is 3. The van der Waals surface area contributed by atoms with E-state index in [0.29, 0.717) is 24.2 Å². The molecular formula is C17H35NO2. The maximum atomic E-state index is 6.28. The first-order valence-electron chi connectivity index (χ1n) is 8.35. The van der Waals surface area contributed by atoms with Crippen LogP contribution in [0, 0.1) is 11.3 Å². The minimum absolute atomic E-state index is 0.180. The molecule has 3 nitrogen and oxygen atoms in total. The molecule has 1 aliphatic rings. The molecule has 0 heterocycles. The Hall–Kier alpha value is -0.120. The van der Waals surface area contributed by atoms with E-state index in [4.69, 9.17) is 9.47 Å². The van der Waals surface area contributed by atoms with Crippen LogP contribution in [0.1, 0.15) is 60.3 Å². The van der Waals surface area contributed by atoms with E-state index in [2.05, 4.69) is 40.1 Å². The number of likely N-dealkylation sites (N-methyl/N-ethyl adjacent to an activating group) is 1. The molecule has 1 rings (SSSR count). The lowest BCUT2D eigenvalue weighted by molar-refractivity contribution is -0.0875. The van der Waals surface area contributed by atoms with E-state index in [9.17, 15) is 0 Å². The van der Waals surface area contributed by atoms with Crippen molar-refractivity contribution in [3.63, 3.8) is 0 Å². The summed E-state index contributed by atoms with van der Waals surface area (Å²) in [6, 6.07) is 0.489. The van der Waals surface area contributed by atoms with Gasteiger partial charge in [0.25, 0.3) is 0 Å². The third kappa shape index (κ3) is 5.01. The van der Waals surface area contributed by atoms with Crippen molar-refractivity contribution in [2.45, 2.75) is 78.6 Å². The maximum absolute atomic E-state index is 6.28. The highest BCUT2D eigenvalue weighted by Crippen LogP contribution is 2.41. The van der Waals surface area contributed by atoms with Crippen molar-refractivity contribution in [3.05, 3.63) is 0 Å². The Morgan fingerprint density at radius 3 is 2.50 bits per heavy atom. The van der Waals surface area contributed by atoms with Gasteiger partial charge in [-0.3, -0.25) is 0 Å². The van der Waals surface area contributed by atoms with E-state index in [1.165, 1.54) is 25.7 Å². The smallest absolute Gasteiger partial charge is 0.0785 e. The van der Waals surface area contributed by atoms with Crippen LogP contribution in [0.3, 0.4) is 0 Å². The molecular weight excluding hydrogens is 250 g/mol. The van der Waals surface area contributed by atoms with E-state index in [1.54, 1.807) is 0 Å². The fraction of sp³-hybridized carbons (Fsp3) is 1.00. The summed E-state index contributed by atoms with van der Waals surface area (Å²) < 4.78 is 11.8. The van der Waals surface area contributed by atoms with Gasteiger partial charge in [-0.05, 0) is 51.5 Å². The summed E-state index contributed by atoms with van der Waals surface area (Å²) >= 11 is 0. The van der Waals surface area contributed by atoms with Gasteiger partial charge >= 0.3 is 0 Å². The summed E-state index contributed by atoms with van der Waals surface area (Å²) in [7, 11) is 2.06. The quantitative estimate of drug-likeness (QED) is 0.739. The zero-order valence-electron chi connectivity index (χ0n) is 14.4. The van der Waals surface area contributed by atoms with Crippen molar-refractivity contribution >= 4 is 0 Å². The van der Waals surface area contributed by atoms with E-state index >= 15 is 0 Å². The van der Waals surface area contributed by atoms with Gasteiger partial charge in [-0.25, -0.2) is 0 Å². The van der Waals surface area contributed by atoms with E-state index in [1.807, 2.05) is 6.92 Å². The van der Waals surface area contributed by atoms with E-state index < -0.39 is 0 Å². The van der Waals surface area contributed by atoms with Gasteiger partial charge in [-0.2, -0.15) is 0 Å². The number of rotatable bonds is 8. The van der Waals surface area contributed by atoms with Crippen molar-refractivity contribution < 1.29 is 9.47 Å². The zero-order chi connectivity index (χ0) is 15.2. The van der Waals surface area contributed by atoms with Gasteiger partial charge in [0.2, 0.25) is 0 Å². The molecule has 0 aromatic rings. The third-order valence-electron chi connectivity index (χ3n) is 5.14. The molecule has 0 amide bonds. The van der Waals surface area contributed by atoms with Crippen LogP contribution >= 0.6 is 0 Å². The predicted octanol–water partition coefficient (Wildman–Crippen LogP) is 3.62. The molecule has 1 aliphatic carbocycles. The van der Waals surface area contributed by atoms with Gasteiger partial charge in [0.1, 0.15) is 0 Å². The van der Waals surface area contributed by atoms with Crippen LogP contribution in [-0.2, 0) is 9.47 Å². The first kappa shape index (κ1) is 17.9. The first-order chi connectivity index (χ1) is 9.44. The normalized spacial score (nSPS) is 29.4. The third-order valence-corrected chi connectivity index (χ3v) is 5.14. The van der Waals surface area contributed by atoms with Crippen LogP contribution in [-0.4, -0.2) is 38.5 Å². The maximum Gasteiger partial charge on any atom is 0.0785 e. The molecule has 120 valence electrons. The van der Waals surface area contributed by atoms with Gasteiger partial charge in [0.15, 0.2) is 0 Å². The SMILES string of the molecule is CCOCC(C)OC1CC(C(C)(C)CC)CCC1NC. The fourth-order valence-corrected chi connectivity index (χ4v) is 3.23. The molecule has 1 fully saturated rings. The Kier molecular flexibility index (Phi) is 7.49. The average Bonchev–Trinajstić information content (AvgIpc) is 2.45. The number of nitrogens with one attached hydrogen (secondary N) is 1. The molecule has 4 unspecified atom stereocenters. The molecule has 0 aromatic heterocycles. The monoisotopic (exact) mass is 285 g/mol. The summed E-state index contributed by atoms with van der Waals surface area (Å²) in [5.41, 5.74) is 0.420. The van der Waals surface area contributed by atoms with Crippen molar-refractivity contribution in [1.82, 2.24) is 5.32 Å². The van der Waals surface area contributed by atoms with Crippen molar-refractivity contribution in [2.75, 3.05) is 20.3 Å². The van der Waals surface area contributed by atoms with Crippen LogP contribution in [0.4, 0.5) is 0 Å². The Bertz CT molecular complexity index is 268. The molecule has 0 aliphatic heterocycles. The Balaban J connectivity index is 2.59. The summed E-state index contributed by atoms with van der Waals surface area (Å²) in [5, 5.41) is 3.44. The molecule has 0 bridgehead atoms. The highest BCUT2D eigenvalue weighted by atomic mass is 16.5. The van der Waals surface area contributed by atoms with Crippen LogP contribution in [0.25, 0.3) is 0 Å². The van der Waals surface area contributed by atoms with E-state index in [0.717, 1.165) is 12.5 Å². The lowest BCUT2D eigenvalue weighted by atomic mass is 9.68. The summed E-state index contributed by atoms with van der Waals surface area (Å²) in [4.78, 5) is 0. The van der Waals surface area contributed by atoms with Crippen LogP contribution in [0.5, 0.6) is 0 Å². The topological polar surface area (TPSA) is 30.5 Å². The minimum atomic E-state index is 0.180. The highest BCUT2D eigenvalue weighted by Gasteiger charge is 2.37. The van der Waals surface area contributed by atoms with Crippen LogP contribution < -0.4 is 5.32 Å². The fourth-order valence-electron chi connectivity index (χ4n) is 3.23. The second-order valence-electron chi connectivity index (χ2n) is 6.89. The molecule has 1 N–H and O–H groups in total. The molecule has 1 saturated carbocycles. The minimum Gasteiger partial charge on any atom is -0.379 e. The molecule has 0 aromatic carbocycles. The second kappa shape index (κ2) is 8.35. The molecule has 0 radical (unpaired) electrons. The molecule has 20 heavy (non-hydrogen) atoms. The Morgan fingerprint density at radius 2 is 1.95 bits per heavy atom. The highest BCUT2D eigenvalue weighted by molar-refractivity contribution is 4.90. The Morgan fingerprint density at radius 1 is 1.25 bits per heavy atom. The van der Waals surface area contributed by atoms with Gasteiger partial charge in [-0.15, -0.1) is 0 Å². The number of hydrogen-bond donors (Lipinski definition) is 1. The largest absolute Gasteiger partial charge is 0.379 e. The van der Waals surface area contributed by atoms with Crippen molar-refractivity contribution in [1.29, 1.82) is 0 Å². The van der Waals surface area contributed by atoms with E-state index in [-0.39, 0.29) is 6.10 Å². The first-order valence-corrected chi connectivity index (χ1v) is 8.35. The van der Waals surface area contributed by atoms with Crippen molar-refractivity contribution in [3.8, 4) is 0 Å². The van der Waals surface area contributed by atoms with Crippen LogP contribution in [0.2, 0.25) is 0 Å². The van der Waals surface area contributed by atoms with Gasteiger partial charge in [-0.1, -0.05) is 27.2 Å². The molecule has 0 spiro atoms. The zero-order valence-corrected chi connectivity index (χ0v) is 14.4. The van der Waals surface area contributed by atoms with Gasteiger partial charge in [0.05, 0.1) is 18.8 Å². The summed E-state index contributed by atoms with van der Waals surface area (Å²) in [6.07, 6.45) is 5.44. The number of ether oxygens (including phenoxy) is 2. The standard InChI is InChI=1S/C17H35NO2/c1-7-17(4,5)14-9-10-15(18-6)16(11-14)20-13(3)12-19-8-2/h13-16,18H,7-12H2,1-6H3. The molecule has 3 heteroatoms. The van der Waals surface area contributed by atoms with Gasteiger partial charge < -0.3 is 14.8 Å². The Labute approximate surface area is 125 Å². The molecule has 0 saturated heterocycles. The summed E-state index contributed by atoms with van der Waals surface area (Å²) in [5.74, 6) is 0.765. The van der Waals surface area contributed by atoms with Gasteiger partial charge in [0, 0.05) is 12.6 Å². The average molecular weight is 285 g/mol. The lowest BCUT2D eigenvalue weighted by Gasteiger charge is -2.43. The predicted molar refractivity (Wildman–Crippen MR) is 85.1 cm³/mol. The van der Waals surface area contributed by atoms with Crippen LogP contribution in [0.15, 0.2) is 0 Å². The lowest BCUT2D eigenvalue weighted by Crippen LogP contribution is -2.48. The second-order valence-corrected chi connectivity index (χ2v) is 6.89.